The molecule has 4 unspecified atom stereocenters. The molecule has 8 aromatic rings. The molecule has 75 heavy (non-hydrogen) atoms. The number of phenols is 4. The molecule has 9 rings (SSSR count). The number of ether oxygens (including phenoxy) is 2. The van der Waals surface area contributed by atoms with E-state index in [0.29, 0.717) is 41.2 Å². The first kappa shape index (κ1) is 51.9. The molecule has 12 heteroatoms. The average molecular weight is 1010 g/mol. The maximum atomic E-state index is 11.2. The van der Waals surface area contributed by atoms with Crippen LogP contribution in [0.3, 0.4) is 0 Å². The van der Waals surface area contributed by atoms with Gasteiger partial charge in [0.15, 0.2) is 0 Å². The van der Waals surface area contributed by atoms with E-state index in [1.165, 1.54) is 0 Å². The minimum Gasteiger partial charge on any atom is -0.508 e. The first-order valence-electron chi connectivity index (χ1n) is 25.4. The Bertz CT molecular complexity index is 3260. The first-order chi connectivity index (χ1) is 36.0. The summed E-state index contributed by atoms with van der Waals surface area (Å²) >= 11 is 0. The second-order valence-corrected chi connectivity index (χ2v) is 20.0. The van der Waals surface area contributed by atoms with Crippen LogP contribution in [0.1, 0.15) is 73.9 Å². The number of aliphatic hydroxyl groups is 2. The van der Waals surface area contributed by atoms with Crippen molar-refractivity contribution in [3.05, 3.63) is 203 Å². The molecular formula is C63H66N4O8. The van der Waals surface area contributed by atoms with Gasteiger partial charge in [-0.2, -0.15) is 0 Å². The van der Waals surface area contributed by atoms with E-state index in [0.717, 1.165) is 55.6 Å². The predicted molar refractivity (Wildman–Crippen MR) is 298 cm³/mol. The molecule has 0 radical (unpaired) electrons. The van der Waals surface area contributed by atoms with E-state index in [-0.39, 0.29) is 55.0 Å². The lowest BCUT2D eigenvalue weighted by Crippen LogP contribution is -2.44. The van der Waals surface area contributed by atoms with E-state index in [1.54, 1.807) is 60.7 Å². The van der Waals surface area contributed by atoms with Crippen molar-refractivity contribution in [2.24, 2.45) is 5.73 Å². The highest BCUT2D eigenvalue weighted by Crippen LogP contribution is 2.56. The van der Waals surface area contributed by atoms with Crippen molar-refractivity contribution >= 4 is 11.4 Å². The Balaban J connectivity index is 0.875. The molecule has 12 nitrogen and oxygen atoms in total. The molecule has 0 bridgehead atoms. The third-order valence-corrected chi connectivity index (χ3v) is 15.0. The number of hydrogen-bond donors (Lipinski definition) is 10. The van der Waals surface area contributed by atoms with Gasteiger partial charge >= 0.3 is 0 Å². The van der Waals surface area contributed by atoms with Crippen LogP contribution in [-0.2, 0) is 16.5 Å². The van der Waals surface area contributed by atoms with Gasteiger partial charge in [0.1, 0.15) is 59.9 Å². The first-order valence-corrected chi connectivity index (χ1v) is 25.4. The fourth-order valence-electron chi connectivity index (χ4n) is 10.2. The van der Waals surface area contributed by atoms with Crippen molar-refractivity contribution in [3.8, 4) is 67.9 Å². The summed E-state index contributed by atoms with van der Waals surface area (Å²) in [4.78, 5) is 0. The average Bonchev–Trinajstić information content (AvgIpc) is 3.77. The number of phenolic OH excluding ortho intramolecular Hbond substituents is 4. The van der Waals surface area contributed by atoms with Crippen LogP contribution in [0.4, 0.5) is 11.4 Å². The molecular weight excluding hydrogens is 941 g/mol. The Morgan fingerprint density at radius 1 is 0.520 bits per heavy atom. The fourth-order valence-corrected chi connectivity index (χ4v) is 10.2. The van der Waals surface area contributed by atoms with Gasteiger partial charge in [0.2, 0.25) is 0 Å². The maximum absolute atomic E-state index is 11.2. The van der Waals surface area contributed by atoms with E-state index in [4.69, 9.17) is 20.9 Å². The predicted octanol–water partition coefficient (Wildman–Crippen LogP) is 10.9. The number of anilines is 2. The molecule has 0 heterocycles. The third-order valence-electron chi connectivity index (χ3n) is 15.0. The summed E-state index contributed by atoms with van der Waals surface area (Å²) in [5, 5.41) is 71.2. The summed E-state index contributed by atoms with van der Waals surface area (Å²) < 4.78 is 12.4. The molecule has 0 saturated heterocycles. The van der Waals surface area contributed by atoms with Crippen LogP contribution in [0.2, 0.25) is 0 Å². The highest BCUT2D eigenvalue weighted by atomic mass is 16.5. The van der Waals surface area contributed by atoms with Gasteiger partial charge in [-0.25, -0.2) is 0 Å². The molecule has 0 saturated carbocycles. The number of nitrogen functional groups attached to an aromatic ring is 1. The summed E-state index contributed by atoms with van der Waals surface area (Å²) in [6, 6.07) is 53.8. The molecule has 0 fully saturated rings. The highest BCUT2D eigenvalue weighted by Gasteiger charge is 2.46. The SMILES string of the molecule is CCC(C)(N)c1cc(-c2ccc(O)c(NCC(O)COc3ccc(C4(c5ccc(OCC(O)CNC(C)(CC)c6cc(-c7ccc(O)c(N)c7)ccc6O)cc5)c5ccccc5-c5ccccc54)cc3)c2)ccc1O. The molecule has 0 aliphatic heterocycles. The van der Waals surface area contributed by atoms with Gasteiger partial charge in [0.05, 0.1) is 16.8 Å². The smallest absolute Gasteiger partial charge is 0.138 e. The van der Waals surface area contributed by atoms with Crippen molar-refractivity contribution in [3.63, 3.8) is 0 Å². The topological polar surface area (TPSA) is 216 Å². The number of benzene rings is 8. The minimum absolute atomic E-state index is 0.00300. The third kappa shape index (κ3) is 10.4. The van der Waals surface area contributed by atoms with Crippen molar-refractivity contribution in [1.29, 1.82) is 0 Å². The lowest BCUT2D eigenvalue weighted by atomic mass is 9.68. The Kier molecular flexibility index (Phi) is 14.8. The molecule has 386 valence electrons. The standard InChI is InChI=1S/C63H66N4O8/c1-5-61(3,65)53-31-39(15-27-57(53)70)42-18-30-60(73)56(34-42)66-35-45(68)37-74-47-23-19-43(20-24-47)63(51-13-9-7-11-49(51)50-12-8-10-14-52(50)63)44-21-25-48(26-22-44)75-38-46(69)36-67-62(4,6-2)54-32-40(16-28-58(54)71)41-17-29-59(72)55(64)33-41/h7-34,45-46,66-73H,5-6,35-38,64-65H2,1-4H3. The second-order valence-electron chi connectivity index (χ2n) is 20.0. The summed E-state index contributed by atoms with van der Waals surface area (Å²) in [5.41, 5.74) is 22.2. The van der Waals surface area contributed by atoms with E-state index in [9.17, 15) is 30.6 Å². The van der Waals surface area contributed by atoms with Crippen molar-refractivity contribution < 1.29 is 40.1 Å². The maximum Gasteiger partial charge on any atom is 0.138 e. The number of aliphatic hydroxyl groups excluding tert-OH is 2. The van der Waals surface area contributed by atoms with Crippen LogP contribution < -0.4 is 31.6 Å². The van der Waals surface area contributed by atoms with Crippen molar-refractivity contribution in [2.45, 2.75) is 69.2 Å². The number of nitrogens with one attached hydrogen (secondary N) is 2. The molecule has 8 aromatic carbocycles. The van der Waals surface area contributed by atoms with Crippen LogP contribution >= 0.6 is 0 Å². The lowest BCUT2D eigenvalue weighted by Gasteiger charge is -2.34. The number of rotatable bonds is 20. The van der Waals surface area contributed by atoms with Gasteiger partial charge < -0.3 is 62.2 Å². The fraction of sp³-hybridized carbons (Fsp3) is 0.238. The molecule has 0 aromatic heterocycles. The highest BCUT2D eigenvalue weighted by molar-refractivity contribution is 5.86. The van der Waals surface area contributed by atoms with E-state index in [2.05, 4.69) is 83.4 Å². The summed E-state index contributed by atoms with van der Waals surface area (Å²) in [6.45, 7) is 8.18. The molecule has 4 atom stereocenters. The Hall–Kier alpha value is -8.00. The Morgan fingerprint density at radius 3 is 1.49 bits per heavy atom. The second kappa shape index (κ2) is 21.5. The van der Waals surface area contributed by atoms with Gasteiger partial charge in [0.25, 0.3) is 0 Å². The van der Waals surface area contributed by atoms with Crippen LogP contribution in [0.25, 0.3) is 33.4 Å². The molecule has 1 aliphatic carbocycles. The van der Waals surface area contributed by atoms with Gasteiger partial charge in [-0.1, -0.05) is 111 Å². The minimum atomic E-state index is -0.915. The number of nitrogens with two attached hydrogens (primary N) is 2. The summed E-state index contributed by atoms with van der Waals surface area (Å²) in [5.74, 6) is 1.48. The van der Waals surface area contributed by atoms with Gasteiger partial charge in [-0.15, -0.1) is 0 Å². The zero-order valence-corrected chi connectivity index (χ0v) is 42.7. The van der Waals surface area contributed by atoms with Crippen molar-refractivity contribution in [2.75, 3.05) is 37.4 Å². The van der Waals surface area contributed by atoms with Crippen molar-refractivity contribution in [1.82, 2.24) is 5.32 Å². The summed E-state index contributed by atoms with van der Waals surface area (Å²) in [7, 11) is 0. The van der Waals surface area contributed by atoms with Gasteiger partial charge in [-0.05, 0) is 155 Å². The molecule has 0 spiro atoms. The zero-order chi connectivity index (χ0) is 53.1. The van der Waals surface area contributed by atoms with Gasteiger partial charge in [0, 0.05) is 35.3 Å². The summed E-state index contributed by atoms with van der Waals surface area (Å²) in [6.07, 6.45) is -0.536. The molecule has 0 amide bonds. The number of fused-ring (bicyclic) bond motifs is 3. The Morgan fingerprint density at radius 2 is 0.973 bits per heavy atom. The van der Waals surface area contributed by atoms with E-state index < -0.39 is 28.7 Å². The Labute approximate surface area is 438 Å². The quantitative estimate of drug-likeness (QED) is 0.0255. The number of hydrogen-bond acceptors (Lipinski definition) is 12. The lowest BCUT2D eigenvalue weighted by molar-refractivity contribution is 0.0966. The molecule has 1 aliphatic rings. The van der Waals surface area contributed by atoms with Gasteiger partial charge in [-0.3, -0.25) is 0 Å². The van der Waals surface area contributed by atoms with Crippen LogP contribution in [0.15, 0.2) is 170 Å². The largest absolute Gasteiger partial charge is 0.508 e. The van der Waals surface area contributed by atoms with E-state index in [1.807, 2.05) is 64.1 Å². The molecule has 12 N–H and O–H groups in total. The monoisotopic (exact) mass is 1010 g/mol. The normalized spacial score (nSPS) is 14.9. The van der Waals surface area contributed by atoms with Crippen LogP contribution in [0, 0.1) is 0 Å². The number of aromatic hydroxyl groups is 4. The van der Waals surface area contributed by atoms with Crippen LogP contribution in [-0.4, -0.2) is 69.2 Å². The van der Waals surface area contributed by atoms with E-state index >= 15 is 0 Å². The zero-order valence-electron chi connectivity index (χ0n) is 42.7. The van der Waals surface area contributed by atoms with Crippen LogP contribution in [0.5, 0.6) is 34.5 Å².